The Balaban J connectivity index is 1.80. The van der Waals surface area contributed by atoms with Gasteiger partial charge in [0.25, 0.3) is 5.56 Å². The Hall–Kier alpha value is -3.07. The van der Waals surface area contributed by atoms with E-state index in [-0.39, 0.29) is 5.56 Å². The number of aromatic amines is 1. The third-order valence-corrected chi connectivity index (χ3v) is 5.04. The van der Waals surface area contributed by atoms with Gasteiger partial charge in [-0.1, -0.05) is 13.3 Å². The standard InChI is InChI=1S/C19H19N5O/c1-12-3-2-4-15(12)24-16-9-10-21-19(25)17(16)18(23-24)22-14-7-5-13(11-20)6-8-14/h5-10,12,15H,2-4H2,1H3,(H,21,25)(H,22,23)/t12-,15-/m0/s1. The summed E-state index contributed by atoms with van der Waals surface area (Å²) < 4.78 is 2.01. The first kappa shape index (κ1) is 15.5. The molecule has 1 aliphatic rings. The van der Waals surface area contributed by atoms with Gasteiger partial charge in [-0.15, -0.1) is 0 Å². The third kappa shape index (κ3) is 2.68. The van der Waals surface area contributed by atoms with Crippen LogP contribution in [-0.4, -0.2) is 14.8 Å². The summed E-state index contributed by atoms with van der Waals surface area (Å²) in [5.41, 5.74) is 2.11. The van der Waals surface area contributed by atoms with Crippen molar-refractivity contribution in [3.63, 3.8) is 0 Å². The van der Waals surface area contributed by atoms with E-state index in [4.69, 9.17) is 10.4 Å². The fourth-order valence-electron chi connectivity index (χ4n) is 3.69. The van der Waals surface area contributed by atoms with Crippen molar-refractivity contribution in [2.45, 2.75) is 32.2 Å². The maximum Gasteiger partial charge on any atom is 0.261 e. The molecule has 0 radical (unpaired) electrons. The Morgan fingerprint density at radius 2 is 2.08 bits per heavy atom. The predicted octanol–water partition coefficient (Wildman–Crippen LogP) is 3.70. The molecular formula is C19H19N5O. The molecule has 6 nitrogen and oxygen atoms in total. The minimum Gasteiger partial charge on any atom is -0.338 e. The Bertz CT molecular complexity index is 1010. The van der Waals surface area contributed by atoms with Gasteiger partial charge in [0.15, 0.2) is 5.82 Å². The molecule has 0 amide bonds. The molecule has 2 heterocycles. The van der Waals surface area contributed by atoms with Crippen molar-refractivity contribution >= 4 is 22.4 Å². The zero-order valence-electron chi connectivity index (χ0n) is 14.0. The van der Waals surface area contributed by atoms with Crippen molar-refractivity contribution in [2.24, 2.45) is 5.92 Å². The van der Waals surface area contributed by atoms with Gasteiger partial charge in [0.2, 0.25) is 0 Å². The van der Waals surface area contributed by atoms with E-state index in [1.54, 1.807) is 18.3 Å². The minimum absolute atomic E-state index is 0.148. The highest BCUT2D eigenvalue weighted by molar-refractivity contribution is 5.91. The van der Waals surface area contributed by atoms with Crippen LogP contribution in [0.15, 0.2) is 41.3 Å². The normalized spacial score (nSPS) is 19.8. The summed E-state index contributed by atoms with van der Waals surface area (Å²) in [4.78, 5) is 15.1. The summed E-state index contributed by atoms with van der Waals surface area (Å²) in [5.74, 6) is 1.10. The Morgan fingerprint density at radius 3 is 2.76 bits per heavy atom. The van der Waals surface area contributed by atoms with Crippen LogP contribution < -0.4 is 10.9 Å². The summed E-state index contributed by atoms with van der Waals surface area (Å²) in [6, 6.07) is 11.5. The molecule has 1 fully saturated rings. The van der Waals surface area contributed by atoms with Crippen LogP contribution in [0.1, 0.15) is 37.8 Å². The lowest BCUT2D eigenvalue weighted by Gasteiger charge is -2.16. The summed E-state index contributed by atoms with van der Waals surface area (Å²) in [7, 11) is 0. The number of pyridine rings is 1. The molecule has 0 spiro atoms. The summed E-state index contributed by atoms with van der Waals surface area (Å²) >= 11 is 0. The van der Waals surface area contributed by atoms with Crippen molar-refractivity contribution in [2.75, 3.05) is 5.32 Å². The highest BCUT2D eigenvalue weighted by Crippen LogP contribution is 2.37. The van der Waals surface area contributed by atoms with E-state index in [9.17, 15) is 4.79 Å². The van der Waals surface area contributed by atoms with Gasteiger partial charge >= 0.3 is 0 Å². The Morgan fingerprint density at radius 1 is 1.28 bits per heavy atom. The molecule has 0 saturated heterocycles. The largest absolute Gasteiger partial charge is 0.338 e. The highest BCUT2D eigenvalue weighted by atomic mass is 16.1. The first-order valence-corrected chi connectivity index (χ1v) is 8.54. The first-order chi connectivity index (χ1) is 12.2. The molecule has 6 heteroatoms. The quantitative estimate of drug-likeness (QED) is 0.765. The minimum atomic E-state index is -0.148. The molecular weight excluding hydrogens is 314 g/mol. The number of nitriles is 1. The number of nitrogens with one attached hydrogen (secondary N) is 2. The van der Waals surface area contributed by atoms with Gasteiger partial charge in [-0.05, 0) is 49.1 Å². The second-order valence-electron chi connectivity index (χ2n) is 6.65. The number of aromatic nitrogens is 3. The fraction of sp³-hybridized carbons (Fsp3) is 0.316. The summed E-state index contributed by atoms with van der Waals surface area (Å²) in [6.45, 7) is 2.24. The second kappa shape index (κ2) is 6.10. The van der Waals surface area contributed by atoms with Crippen LogP contribution in [-0.2, 0) is 0 Å². The zero-order valence-corrected chi connectivity index (χ0v) is 14.0. The van der Waals surface area contributed by atoms with Gasteiger partial charge in [-0.25, -0.2) is 0 Å². The van der Waals surface area contributed by atoms with Crippen LogP contribution in [0, 0.1) is 17.2 Å². The maximum absolute atomic E-state index is 12.4. The fourth-order valence-corrected chi connectivity index (χ4v) is 3.69. The van der Waals surface area contributed by atoms with Gasteiger partial charge in [0.1, 0.15) is 5.39 Å². The Labute approximate surface area is 145 Å². The summed E-state index contributed by atoms with van der Waals surface area (Å²) in [5, 5.41) is 17.5. The molecule has 126 valence electrons. The van der Waals surface area contributed by atoms with E-state index in [2.05, 4.69) is 23.3 Å². The second-order valence-corrected chi connectivity index (χ2v) is 6.65. The van der Waals surface area contributed by atoms with Crippen LogP contribution in [0.25, 0.3) is 10.9 Å². The molecule has 4 rings (SSSR count). The van der Waals surface area contributed by atoms with E-state index in [0.717, 1.165) is 17.6 Å². The number of nitrogens with zero attached hydrogens (tertiary/aromatic N) is 3. The zero-order chi connectivity index (χ0) is 17.4. The van der Waals surface area contributed by atoms with Crippen molar-refractivity contribution in [3.05, 3.63) is 52.4 Å². The first-order valence-electron chi connectivity index (χ1n) is 8.54. The van der Waals surface area contributed by atoms with Crippen LogP contribution in [0.2, 0.25) is 0 Å². The van der Waals surface area contributed by atoms with E-state index in [0.29, 0.717) is 28.7 Å². The Kier molecular flexibility index (Phi) is 3.77. The number of anilines is 2. The highest BCUT2D eigenvalue weighted by Gasteiger charge is 2.28. The molecule has 0 unspecified atom stereocenters. The number of benzene rings is 1. The molecule has 0 bridgehead atoms. The molecule has 2 aromatic heterocycles. The maximum atomic E-state index is 12.4. The molecule has 1 saturated carbocycles. The van der Waals surface area contributed by atoms with Crippen LogP contribution >= 0.6 is 0 Å². The van der Waals surface area contributed by atoms with E-state index in [1.807, 2.05) is 22.9 Å². The predicted molar refractivity (Wildman–Crippen MR) is 96.8 cm³/mol. The molecule has 1 aliphatic carbocycles. The lowest BCUT2D eigenvalue weighted by Crippen LogP contribution is -2.13. The number of hydrogen-bond donors (Lipinski definition) is 2. The van der Waals surface area contributed by atoms with Crippen LogP contribution in [0.5, 0.6) is 0 Å². The van der Waals surface area contributed by atoms with Crippen molar-refractivity contribution in [1.82, 2.24) is 14.8 Å². The number of hydrogen-bond acceptors (Lipinski definition) is 4. The van der Waals surface area contributed by atoms with Crippen molar-refractivity contribution in [1.29, 1.82) is 5.26 Å². The smallest absolute Gasteiger partial charge is 0.261 e. The average Bonchev–Trinajstić information content (AvgIpc) is 3.20. The molecule has 3 aromatic rings. The van der Waals surface area contributed by atoms with E-state index >= 15 is 0 Å². The molecule has 2 N–H and O–H groups in total. The SMILES string of the molecule is C[C@H]1CCC[C@@H]1n1nc(Nc2ccc(C#N)cc2)c2c(=O)[nH]ccc21. The molecule has 0 aliphatic heterocycles. The topological polar surface area (TPSA) is 86.5 Å². The molecule has 25 heavy (non-hydrogen) atoms. The van der Waals surface area contributed by atoms with E-state index in [1.165, 1.54) is 12.8 Å². The monoisotopic (exact) mass is 333 g/mol. The lowest BCUT2D eigenvalue weighted by atomic mass is 10.1. The van der Waals surface area contributed by atoms with Crippen molar-refractivity contribution in [3.8, 4) is 6.07 Å². The van der Waals surface area contributed by atoms with Crippen LogP contribution in [0.4, 0.5) is 11.5 Å². The third-order valence-electron chi connectivity index (χ3n) is 5.04. The number of H-pyrrole nitrogens is 1. The molecule has 1 aromatic carbocycles. The van der Waals surface area contributed by atoms with Gasteiger partial charge in [-0.3, -0.25) is 9.48 Å². The van der Waals surface area contributed by atoms with Gasteiger partial charge < -0.3 is 10.3 Å². The van der Waals surface area contributed by atoms with Crippen LogP contribution in [0.3, 0.4) is 0 Å². The molecule has 2 atom stereocenters. The number of rotatable bonds is 3. The van der Waals surface area contributed by atoms with Gasteiger partial charge in [-0.2, -0.15) is 10.4 Å². The van der Waals surface area contributed by atoms with Gasteiger partial charge in [0.05, 0.1) is 23.2 Å². The summed E-state index contributed by atoms with van der Waals surface area (Å²) in [6.07, 6.45) is 5.14. The van der Waals surface area contributed by atoms with Crippen molar-refractivity contribution < 1.29 is 0 Å². The van der Waals surface area contributed by atoms with E-state index < -0.39 is 0 Å². The van der Waals surface area contributed by atoms with Gasteiger partial charge in [0, 0.05) is 11.9 Å². The number of fused-ring (bicyclic) bond motifs is 1. The average molecular weight is 333 g/mol. The lowest BCUT2D eigenvalue weighted by molar-refractivity contribution is 0.386.